The molecule has 0 fully saturated rings. The smallest absolute Gasteiger partial charge is 0.475 e. The molecule has 1 heterocycles. The molecule has 37 heavy (non-hydrogen) atoms. The number of nitrogens with one attached hydrogen (secondary N) is 1. The topological polar surface area (TPSA) is 152 Å². The average molecular weight is 557 g/mol. The summed E-state index contributed by atoms with van der Waals surface area (Å²) in [7, 11) is 0. The van der Waals surface area contributed by atoms with Gasteiger partial charge in [-0.15, -0.1) is 0 Å². The fourth-order valence-corrected chi connectivity index (χ4v) is 4.37. The van der Waals surface area contributed by atoms with E-state index in [2.05, 4.69) is 11.5 Å². The lowest BCUT2D eigenvalue weighted by atomic mass is 9.70. The quantitative estimate of drug-likeness (QED) is 0.160. The molecule has 2 aromatic rings. The zero-order chi connectivity index (χ0) is 28.1. The van der Waals surface area contributed by atoms with Crippen LogP contribution in [0.3, 0.4) is 0 Å². The van der Waals surface area contributed by atoms with Gasteiger partial charge in [-0.3, -0.25) is 16.3 Å². The molecular weight excluding hydrogens is 534 g/mol. The number of hydrogen-bond acceptors (Lipinski definition) is 6. The van der Waals surface area contributed by atoms with Crippen molar-refractivity contribution in [2.45, 2.75) is 44.0 Å². The van der Waals surface area contributed by atoms with E-state index in [9.17, 15) is 26.3 Å². The molecule has 1 aromatic heterocycles. The standard InChI is InChI=1S/C18H21ClN4.2C2HF3O2/c19-13-1-2-14-15(9-13)23-16-8-11-5-10(3-4-22-21)6-12(7-11)17(16)18(14)20;2*3-2(4,5)1(6)7/h1-2,5,9,11-12,22H,3-4,6-8,21H2,(H2,20,23);2*(H,6,7). The maximum atomic E-state index is 10.6. The van der Waals surface area contributed by atoms with Crippen molar-refractivity contribution in [1.82, 2.24) is 10.4 Å². The number of pyridine rings is 1. The van der Waals surface area contributed by atoms with E-state index in [-0.39, 0.29) is 0 Å². The lowest BCUT2D eigenvalue weighted by Gasteiger charge is -2.36. The van der Waals surface area contributed by atoms with E-state index < -0.39 is 24.3 Å². The van der Waals surface area contributed by atoms with Gasteiger partial charge in [0.05, 0.1) is 5.52 Å². The fraction of sp³-hybridized carbons (Fsp3) is 0.409. The number of hydrazine groups is 1. The summed E-state index contributed by atoms with van der Waals surface area (Å²) >= 11 is 6.11. The number of hydrogen-bond donors (Lipinski definition) is 5. The van der Waals surface area contributed by atoms with Crippen LogP contribution in [0.15, 0.2) is 29.8 Å². The summed E-state index contributed by atoms with van der Waals surface area (Å²) in [5, 5.41) is 16.0. The highest BCUT2D eigenvalue weighted by Crippen LogP contribution is 2.47. The van der Waals surface area contributed by atoms with E-state index in [0.717, 1.165) is 48.1 Å². The highest BCUT2D eigenvalue weighted by molar-refractivity contribution is 6.31. The molecule has 2 atom stereocenters. The number of halogens is 7. The average Bonchev–Trinajstić information content (AvgIpc) is 2.76. The van der Waals surface area contributed by atoms with Gasteiger partial charge in [-0.2, -0.15) is 26.3 Å². The van der Waals surface area contributed by atoms with Crippen LogP contribution >= 0.6 is 11.6 Å². The minimum Gasteiger partial charge on any atom is -0.475 e. The summed E-state index contributed by atoms with van der Waals surface area (Å²) in [6, 6.07) is 5.79. The highest BCUT2D eigenvalue weighted by atomic mass is 35.5. The maximum absolute atomic E-state index is 10.6. The van der Waals surface area contributed by atoms with Gasteiger partial charge in [0, 0.05) is 33.9 Å². The Morgan fingerprint density at radius 3 is 2.16 bits per heavy atom. The van der Waals surface area contributed by atoms with Crippen molar-refractivity contribution in [3.8, 4) is 0 Å². The molecule has 2 aliphatic carbocycles. The number of fused-ring (bicyclic) bond motifs is 5. The first kappa shape index (κ1) is 30.1. The van der Waals surface area contributed by atoms with E-state index in [4.69, 9.17) is 48.0 Å². The number of carboxylic acid groups (broad SMARTS) is 2. The number of nitrogen functional groups attached to an aromatic ring is 1. The monoisotopic (exact) mass is 556 g/mol. The number of carbonyl (C=O) groups is 2. The van der Waals surface area contributed by atoms with Crippen LogP contribution in [0.5, 0.6) is 0 Å². The third-order valence-corrected chi connectivity index (χ3v) is 5.85. The Kier molecular flexibility index (Phi) is 9.74. The summed E-state index contributed by atoms with van der Waals surface area (Å²) in [6.45, 7) is 0.822. The molecule has 0 aliphatic heterocycles. The Hall–Kier alpha value is -3.10. The van der Waals surface area contributed by atoms with E-state index in [1.54, 1.807) is 0 Å². The first-order chi connectivity index (χ1) is 17.0. The van der Waals surface area contributed by atoms with Crippen molar-refractivity contribution in [2.24, 2.45) is 11.8 Å². The largest absolute Gasteiger partial charge is 0.490 e. The Morgan fingerprint density at radius 2 is 1.65 bits per heavy atom. The first-order valence-electron chi connectivity index (χ1n) is 10.6. The number of benzene rings is 1. The lowest BCUT2D eigenvalue weighted by molar-refractivity contribution is -0.193. The number of allylic oxidation sites excluding steroid dienone is 1. The van der Waals surface area contributed by atoms with Gasteiger partial charge in [0.25, 0.3) is 0 Å². The summed E-state index contributed by atoms with van der Waals surface area (Å²) < 4.78 is 63.5. The van der Waals surface area contributed by atoms with Crippen LogP contribution in [-0.2, 0) is 16.0 Å². The molecule has 1 aromatic carbocycles. The van der Waals surface area contributed by atoms with Crippen LogP contribution in [0, 0.1) is 5.92 Å². The number of anilines is 1. The van der Waals surface area contributed by atoms with Crippen LogP contribution in [0.25, 0.3) is 10.9 Å². The van der Waals surface area contributed by atoms with E-state index in [1.165, 1.54) is 17.6 Å². The van der Waals surface area contributed by atoms with E-state index in [0.29, 0.717) is 16.9 Å². The molecular formula is C22H23ClF6N4O4. The number of carboxylic acids is 2. The predicted molar refractivity (Wildman–Crippen MR) is 123 cm³/mol. The summed E-state index contributed by atoms with van der Waals surface area (Å²) in [6.07, 6.45) is -3.52. The molecule has 2 aliphatic rings. The Bertz CT molecular complexity index is 1160. The number of rotatable bonds is 3. The summed E-state index contributed by atoms with van der Waals surface area (Å²) in [5.41, 5.74) is 15.0. The van der Waals surface area contributed by atoms with Gasteiger partial charge in [0.2, 0.25) is 0 Å². The second-order valence-corrected chi connectivity index (χ2v) is 8.72. The molecule has 2 unspecified atom stereocenters. The zero-order valence-electron chi connectivity index (χ0n) is 19.0. The zero-order valence-corrected chi connectivity index (χ0v) is 19.7. The van der Waals surface area contributed by atoms with Gasteiger partial charge >= 0.3 is 24.3 Å². The normalized spacial score (nSPS) is 18.4. The molecule has 8 nitrogen and oxygen atoms in total. The van der Waals surface area contributed by atoms with Crippen LogP contribution in [0.1, 0.15) is 36.4 Å². The third kappa shape index (κ3) is 8.20. The van der Waals surface area contributed by atoms with Crippen LogP contribution < -0.4 is 17.0 Å². The van der Waals surface area contributed by atoms with E-state index in [1.807, 2.05) is 18.2 Å². The number of aromatic nitrogens is 1. The Labute approximate surface area is 211 Å². The van der Waals surface area contributed by atoms with Crippen LogP contribution in [0.2, 0.25) is 5.02 Å². The molecule has 7 N–H and O–H groups in total. The fourth-order valence-electron chi connectivity index (χ4n) is 4.21. The molecule has 4 rings (SSSR count). The minimum absolute atomic E-state index is 0.481. The molecule has 15 heteroatoms. The summed E-state index contributed by atoms with van der Waals surface area (Å²) in [4.78, 5) is 22.7. The maximum Gasteiger partial charge on any atom is 0.490 e. The van der Waals surface area contributed by atoms with Crippen molar-refractivity contribution in [3.05, 3.63) is 46.1 Å². The summed E-state index contributed by atoms with van der Waals surface area (Å²) in [5.74, 6) is 0.953. The van der Waals surface area contributed by atoms with Gasteiger partial charge in [0.1, 0.15) is 0 Å². The molecule has 204 valence electrons. The van der Waals surface area contributed by atoms with Gasteiger partial charge < -0.3 is 15.9 Å². The van der Waals surface area contributed by atoms with Crippen LogP contribution in [-0.4, -0.2) is 46.0 Å². The number of aliphatic carboxylic acids is 2. The van der Waals surface area contributed by atoms with Gasteiger partial charge in [-0.25, -0.2) is 9.59 Å². The first-order valence-corrected chi connectivity index (χ1v) is 11.0. The molecule has 0 saturated heterocycles. The Morgan fingerprint density at radius 1 is 1.08 bits per heavy atom. The van der Waals surface area contributed by atoms with Crippen molar-refractivity contribution in [2.75, 3.05) is 12.3 Å². The predicted octanol–water partition coefficient (Wildman–Crippen LogP) is 4.57. The molecule has 0 amide bonds. The highest BCUT2D eigenvalue weighted by Gasteiger charge is 2.39. The van der Waals surface area contributed by atoms with Gasteiger partial charge in [-0.1, -0.05) is 23.3 Å². The SMILES string of the molecule is NNCCC1=CC2Cc3nc4cc(Cl)ccc4c(N)c3C(C1)C2.O=C(O)C(F)(F)F.O=C(O)C(F)(F)F. The van der Waals surface area contributed by atoms with Gasteiger partial charge in [-0.05, 0) is 55.7 Å². The molecule has 0 radical (unpaired) electrons. The van der Waals surface area contributed by atoms with E-state index >= 15 is 0 Å². The molecule has 0 spiro atoms. The second kappa shape index (κ2) is 12.0. The third-order valence-electron chi connectivity index (χ3n) is 5.61. The van der Waals surface area contributed by atoms with Crippen molar-refractivity contribution in [1.29, 1.82) is 0 Å². The van der Waals surface area contributed by atoms with Gasteiger partial charge in [0.15, 0.2) is 0 Å². The van der Waals surface area contributed by atoms with Crippen LogP contribution in [0.4, 0.5) is 32.0 Å². The van der Waals surface area contributed by atoms with Crippen molar-refractivity contribution < 1.29 is 46.1 Å². The molecule has 0 saturated carbocycles. The number of nitrogens with two attached hydrogens (primary N) is 2. The van der Waals surface area contributed by atoms with Crippen molar-refractivity contribution in [3.63, 3.8) is 0 Å². The minimum atomic E-state index is -5.08. The number of nitrogens with zero attached hydrogens (tertiary/aromatic N) is 1. The lowest BCUT2D eigenvalue weighted by Crippen LogP contribution is -2.27. The molecule has 2 bridgehead atoms. The Balaban J connectivity index is 0.000000286. The second-order valence-electron chi connectivity index (χ2n) is 8.28. The number of alkyl halides is 6. The van der Waals surface area contributed by atoms with Crippen molar-refractivity contribution >= 4 is 40.1 Å².